The SMILES string of the molecule is CCCn1c(CN)nnc1SC(C)C(=O)OCC. The minimum atomic E-state index is -0.296. The van der Waals surface area contributed by atoms with Gasteiger partial charge in [-0.1, -0.05) is 18.7 Å². The molecule has 1 aromatic rings. The summed E-state index contributed by atoms with van der Waals surface area (Å²) in [5.41, 5.74) is 5.61. The van der Waals surface area contributed by atoms with Crippen LogP contribution in [-0.4, -0.2) is 32.6 Å². The van der Waals surface area contributed by atoms with Gasteiger partial charge in [0.25, 0.3) is 0 Å². The average molecular weight is 272 g/mol. The molecule has 0 radical (unpaired) electrons. The van der Waals surface area contributed by atoms with Crippen LogP contribution >= 0.6 is 11.8 Å². The molecular formula is C11H20N4O2S. The molecule has 1 atom stereocenters. The van der Waals surface area contributed by atoms with Crippen molar-refractivity contribution in [2.24, 2.45) is 5.73 Å². The van der Waals surface area contributed by atoms with Crippen LogP contribution in [0.3, 0.4) is 0 Å². The van der Waals surface area contributed by atoms with Crippen molar-refractivity contribution in [1.82, 2.24) is 14.8 Å². The molecule has 7 heteroatoms. The standard InChI is InChI=1S/C11H20N4O2S/c1-4-6-15-9(7-12)13-14-11(15)18-8(3)10(16)17-5-2/h8H,4-7,12H2,1-3H3. The van der Waals surface area contributed by atoms with Crippen molar-refractivity contribution < 1.29 is 9.53 Å². The van der Waals surface area contributed by atoms with Gasteiger partial charge in [-0.3, -0.25) is 4.79 Å². The Balaban J connectivity index is 2.77. The van der Waals surface area contributed by atoms with Crippen molar-refractivity contribution in [2.75, 3.05) is 6.61 Å². The molecule has 0 aliphatic heterocycles. The first kappa shape index (κ1) is 15.0. The van der Waals surface area contributed by atoms with E-state index in [9.17, 15) is 4.79 Å². The predicted molar refractivity (Wildman–Crippen MR) is 70.2 cm³/mol. The highest BCUT2D eigenvalue weighted by Gasteiger charge is 2.20. The molecule has 0 amide bonds. The first-order valence-electron chi connectivity index (χ1n) is 6.09. The first-order chi connectivity index (χ1) is 8.63. The lowest BCUT2D eigenvalue weighted by atomic mass is 10.4. The van der Waals surface area contributed by atoms with Crippen molar-refractivity contribution in [3.8, 4) is 0 Å². The molecule has 0 saturated carbocycles. The second-order valence-electron chi connectivity index (χ2n) is 3.77. The van der Waals surface area contributed by atoms with Crippen LogP contribution in [0.25, 0.3) is 0 Å². The lowest BCUT2D eigenvalue weighted by Gasteiger charge is -2.11. The predicted octanol–water partition coefficient (Wildman–Crippen LogP) is 1.19. The molecule has 18 heavy (non-hydrogen) atoms. The average Bonchev–Trinajstić information content (AvgIpc) is 2.72. The largest absolute Gasteiger partial charge is 0.465 e. The van der Waals surface area contributed by atoms with Gasteiger partial charge in [-0.25, -0.2) is 0 Å². The van der Waals surface area contributed by atoms with Crippen LogP contribution in [0.4, 0.5) is 0 Å². The molecule has 102 valence electrons. The fourth-order valence-corrected chi connectivity index (χ4v) is 2.36. The van der Waals surface area contributed by atoms with E-state index < -0.39 is 0 Å². The lowest BCUT2D eigenvalue weighted by Crippen LogP contribution is -2.18. The van der Waals surface area contributed by atoms with Crippen LogP contribution in [0.15, 0.2) is 5.16 Å². The van der Waals surface area contributed by atoms with Gasteiger partial charge >= 0.3 is 5.97 Å². The second-order valence-corrected chi connectivity index (χ2v) is 5.07. The number of hydrogen-bond donors (Lipinski definition) is 1. The highest BCUT2D eigenvalue weighted by atomic mass is 32.2. The molecule has 1 heterocycles. The van der Waals surface area contributed by atoms with E-state index in [4.69, 9.17) is 10.5 Å². The number of ether oxygens (including phenoxy) is 1. The van der Waals surface area contributed by atoms with Gasteiger partial charge in [0.05, 0.1) is 13.2 Å². The van der Waals surface area contributed by atoms with Crippen LogP contribution in [0.1, 0.15) is 33.0 Å². The van der Waals surface area contributed by atoms with E-state index in [-0.39, 0.29) is 11.2 Å². The Morgan fingerprint density at radius 3 is 2.78 bits per heavy atom. The summed E-state index contributed by atoms with van der Waals surface area (Å²) in [7, 11) is 0. The Labute approximate surface area is 111 Å². The number of hydrogen-bond acceptors (Lipinski definition) is 6. The molecule has 1 unspecified atom stereocenters. The normalized spacial score (nSPS) is 12.4. The summed E-state index contributed by atoms with van der Waals surface area (Å²) in [5, 5.41) is 8.53. The van der Waals surface area contributed by atoms with Gasteiger partial charge < -0.3 is 15.0 Å². The Hall–Kier alpha value is -1.08. The zero-order chi connectivity index (χ0) is 13.5. The van der Waals surface area contributed by atoms with E-state index in [0.29, 0.717) is 13.2 Å². The van der Waals surface area contributed by atoms with Crippen LogP contribution < -0.4 is 5.73 Å². The highest BCUT2D eigenvalue weighted by Crippen LogP contribution is 2.23. The minimum Gasteiger partial charge on any atom is -0.465 e. The first-order valence-corrected chi connectivity index (χ1v) is 6.97. The molecule has 0 saturated heterocycles. The molecule has 6 nitrogen and oxygen atoms in total. The quantitative estimate of drug-likeness (QED) is 0.593. The minimum absolute atomic E-state index is 0.233. The van der Waals surface area contributed by atoms with E-state index in [1.807, 2.05) is 4.57 Å². The maximum absolute atomic E-state index is 11.6. The monoisotopic (exact) mass is 272 g/mol. The molecule has 0 aromatic carbocycles. The smallest absolute Gasteiger partial charge is 0.319 e. The number of nitrogens with two attached hydrogens (primary N) is 1. The number of carbonyl (C=O) groups is 1. The number of rotatable bonds is 7. The summed E-state index contributed by atoms with van der Waals surface area (Å²) >= 11 is 1.35. The third kappa shape index (κ3) is 3.71. The van der Waals surface area contributed by atoms with E-state index in [1.54, 1.807) is 13.8 Å². The Morgan fingerprint density at radius 1 is 1.50 bits per heavy atom. The fourth-order valence-electron chi connectivity index (χ4n) is 1.47. The summed E-state index contributed by atoms with van der Waals surface area (Å²) in [5.74, 6) is 0.512. The van der Waals surface area contributed by atoms with E-state index >= 15 is 0 Å². The molecule has 1 aromatic heterocycles. The zero-order valence-corrected chi connectivity index (χ0v) is 11.9. The van der Waals surface area contributed by atoms with Crippen LogP contribution in [0.2, 0.25) is 0 Å². The summed E-state index contributed by atoms with van der Waals surface area (Å²) in [6.07, 6.45) is 0.965. The molecule has 0 fully saturated rings. The van der Waals surface area contributed by atoms with Crippen LogP contribution in [-0.2, 0) is 22.6 Å². The third-order valence-electron chi connectivity index (χ3n) is 2.32. The fraction of sp³-hybridized carbons (Fsp3) is 0.727. The lowest BCUT2D eigenvalue weighted by molar-refractivity contribution is -0.142. The van der Waals surface area contributed by atoms with Crippen molar-refractivity contribution in [3.63, 3.8) is 0 Å². The van der Waals surface area contributed by atoms with E-state index in [1.165, 1.54) is 11.8 Å². The molecule has 2 N–H and O–H groups in total. The van der Waals surface area contributed by atoms with Crippen molar-refractivity contribution >= 4 is 17.7 Å². The Morgan fingerprint density at radius 2 is 2.22 bits per heavy atom. The third-order valence-corrected chi connectivity index (χ3v) is 3.38. The maximum Gasteiger partial charge on any atom is 0.319 e. The van der Waals surface area contributed by atoms with Gasteiger partial charge in [0, 0.05) is 6.54 Å². The van der Waals surface area contributed by atoms with E-state index in [0.717, 1.165) is 23.9 Å². The molecular weight excluding hydrogens is 252 g/mol. The molecule has 0 aliphatic rings. The van der Waals surface area contributed by atoms with Gasteiger partial charge in [-0.05, 0) is 20.3 Å². The topological polar surface area (TPSA) is 83.0 Å². The molecule has 1 rings (SSSR count). The van der Waals surface area contributed by atoms with Gasteiger partial charge in [-0.15, -0.1) is 10.2 Å². The summed E-state index contributed by atoms with van der Waals surface area (Å²) in [6, 6.07) is 0. The number of nitrogens with zero attached hydrogens (tertiary/aromatic N) is 3. The van der Waals surface area contributed by atoms with Gasteiger partial charge in [-0.2, -0.15) is 0 Å². The molecule has 0 bridgehead atoms. The molecule has 0 spiro atoms. The highest BCUT2D eigenvalue weighted by molar-refractivity contribution is 8.00. The van der Waals surface area contributed by atoms with Crippen LogP contribution in [0, 0.1) is 0 Å². The zero-order valence-electron chi connectivity index (χ0n) is 11.0. The number of aromatic nitrogens is 3. The van der Waals surface area contributed by atoms with Gasteiger partial charge in [0.2, 0.25) is 0 Å². The Bertz CT molecular complexity index is 394. The maximum atomic E-state index is 11.6. The van der Waals surface area contributed by atoms with Crippen molar-refractivity contribution in [1.29, 1.82) is 0 Å². The van der Waals surface area contributed by atoms with Gasteiger partial charge in [0.15, 0.2) is 5.16 Å². The number of esters is 1. The summed E-state index contributed by atoms with van der Waals surface area (Å²) in [6.45, 7) is 7.21. The second kappa shape index (κ2) is 7.38. The van der Waals surface area contributed by atoms with Crippen LogP contribution in [0.5, 0.6) is 0 Å². The van der Waals surface area contributed by atoms with Crippen molar-refractivity contribution in [2.45, 2.75) is 50.7 Å². The van der Waals surface area contributed by atoms with Crippen molar-refractivity contribution in [3.05, 3.63) is 5.82 Å². The summed E-state index contributed by atoms with van der Waals surface area (Å²) in [4.78, 5) is 11.6. The number of carbonyl (C=O) groups excluding carboxylic acids is 1. The summed E-state index contributed by atoms with van der Waals surface area (Å²) < 4.78 is 6.93. The Kier molecular flexibility index (Phi) is 6.14. The van der Waals surface area contributed by atoms with Gasteiger partial charge in [0.1, 0.15) is 11.1 Å². The van der Waals surface area contributed by atoms with E-state index in [2.05, 4.69) is 17.1 Å². The number of thioether (sulfide) groups is 1. The molecule has 0 aliphatic carbocycles.